The predicted molar refractivity (Wildman–Crippen MR) is 127 cm³/mol. The number of nitrogens with one attached hydrogen (secondary N) is 1. The van der Waals surface area contributed by atoms with Gasteiger partial charge in [0.05, 0.1) is 6.54 Å². The number of halogens is 2. The number of carbonyl (C=O) groups excluding carboxylic acids is 1. The minimum absolute atomic E-state index is 0.250. The Bertz CT molecular complexity index is 1260. The van der Waals surface area contributed by atoms with Crippen molar-refractivity contribution in [2.45, 2.75) is 27.0 Å². The molecule has 0 aliphatic heterocycles. The van der Waals surface area contributed by atoms with Crippen molar-refractivity contribution in [3.05, 3.63) is 112 Å². The number of para-hydroxylation sites is 1. The summed E-state index contributed by atoms with van der Waals surface area (Å²) in [5, 5.41) is 7.34. The molecule has 0 aliphatic carbocycles. The van der Waals surface area contributed by atoms with E-state index in [-0.39, 0.29) is 17.5 Å². The summed E-state index contributed by atoms with van der Waals surface area (Å²) in [4.78, 5) is 12.7. The number of nitrogens with zero attached hydrogens (tertiary/aromatic N) is 2. The van der Waals surface area contributed by atoms with Crippen LogP contribution in [-0.2, 0) is 13.2 Å². The molecule has 0 radical (unpaired) electrons. The van der Waals surface area contributed by atoms with E-state index in [1.807, 2.05) is 44.2 Å². The zero-order valence-electron chi connectivity index (χ0n) is 18.3. The molecule has 1 amide bonds. The SMILES string of the molecule is Cc1cccc(C)c1OCc1ccc(C(=O)Nc2nn(Cc3cccc(F)c3)cc2Cl)cc1. The molecule has 33 heavy (non-hydrogen) atoms. The monoisotopic (exact) mass is 463 g/mol. The molecular weight excluding hydrogens is 441 g/mol. The Morgan fingerprint density at radius 2 is 1.73 bits per heavy atom. The van der Waals surface area contributed by atoms with E-state index in [0.717, 1.165) is 28.0 Å². The zero-order valence-corrected chi connectivity index (χ0v) is 19.1. The average Bonchev–Trinajstić information content (AvgIpc) is 3.12. The lowest BCUT2D eigenvalue weighted by atomic mass is 10.1. The van der Waals surface area contributed by atoms with Crippen LogP contribution < -0.4 is 10.1 Å². The quantitative estimate of drug-likeness (QED) is 0.356. The summed E-state index contributed by atoms with van der Waals surface area (Å²) >= 11 is 6.24. The van der Waals surface area contributed by atoms with Gasteiger partial charge >= 0.3 is 0 Å². The summed E-state index contributed by atoms with van der Waals surface area (Å²) in [7, 11) is 0. The van der Waals surface area contributed by atoms with Crippen molar-refractivity contribution < 1.29 is 13.9 Å². The van der Waals surface area contributed by atoms with E-state index < -0.39 is 0 Å². The van der Waals surface area contributed by atoms with Gasteiger partial charge in [-0.2, -0.15) is 5.10 Å². The van der Waals surface area contributed by atoms with Gasteiger partial charge < -0.3 is 10.1 Å². The minimum Gasteiger partial charge on any atom is -0.488 e. The fourth-order valence-electron chi connectivity index (χ4n) is 3.50. The number of anilines is 1. The molecule has 0 unspecified atom stereocenters. The van der Waals surface area contributed by atoms with Gasteiger partial charge in [0.2, 0.25) is 0 Å². The summed E-state index contributed by atoms with van der Waals surface area (Å²) in [5.74, 6) is 0.487. The van der Waals surface area contributed by atoms with Crippen molar-refractivity contribution in [1.29, 1.82) is 0 Å². The van der Waals surface area contributed by atoms with E-state index in [9.17, 15) is 9.18 Å². The minimum atomic E-state index is -0.324. The lowest BCUT2D eigenvalue weighted by molar-refractivity contribution is 0.102. The first-order valence-electron chi connectivity index (χ1n) is 10.5. The maximum absolute atomic E-state index is 13.4. The van der Waals surface area contributed by atoms with E-state index in [2.05, 4.69) is 10.4 Å². The van der Waals surface area contributed by atoms with Gasteiger partial charge in [-0.3, -0.25) is 9.48 Å². The average molecular weight is 464 g/mol. The molecule has 7 heteroatoms. The molecule has 4 aromatic rings. The summed E-state index contributed by atoms with van der Waals surface area (Å²) < 4.78 is 20.9. The molecular formula is C26H23ClFN3O2. The number of benzene rings is 3. The normalized spacial score (nSPS) is 10.8. The van der Waals surface area contributed by atoms with Crippen LogP contribution in [0, 0.1) is 19.7 Å². The van der Waals surface area contributed by atoms with Gasteiger partial charge in [0.25, 0.3) is 5.91 Å². The van der Waals surface area contributed by atoms with E-state index in [1.54, 1.807) is 35.1 Å². The number of hydrogen-bond donors (Lipinski definition) is 1. The van der Waals surface area contributed by atoms with Gasteiger partial charge in [0.1, 0.15) is 23.2 Å². The molecule has 0 saturated carbocycles. The Morgan fingerprint density at radius 3 is 2.42 bits per heavy atom. The van der Waals surface area contributed by atoms with Gasteiger partial charge in [0.15, 0.2) is 5.82 Å². The van der Waals surface area contributed by atoms with Crippen molar-refractivity contribution >= 4 is 23.3 Å². The number of ether oxygens (including phenoxy) is 1. The molecule has 0 fully saturated rings. The molecule has 3 aromatic carbocycles. The Hall–Kier alpha value is -3.64. The van der Waals surface area contributed by atoms with Gasteiger partial charge in [-0.15, -0.1) is 0 Å². The smallest absolute Gasteiger partial charge is 0.256 e. The van der Waals surface area contributed by atoms with Crippen LogP contribution in [0.15, 0.2) is 72.9 Å². The highest BCUT2D eigenvalue weighted by molar-refractivity contribution is 6.33. The molecule has 5 nitrogen and oxygen atoms in total. The summed E-state index contributed by atoms with van der Waals surface area (Å²) in [5.41, 5.74) is 4.33. The zero-order chi connectivity index (χ0) is 23.4. The summed E-state index contributed by atoms with van der Waals surface area (Å²) in [6.07, 6.45) is 1.59. The molecule has 0 aliphatic rings. The molecule has 1 heterocycles. The van der Waals surface area contributed by atoms with Crippen molar-refractivity contribution in [2.75, 3.05) is 5.32 Å². The second-order valence-corrected chi connectivity index (χ2v) is 8.22. The molecule has 0 bridgehead atoms. The van der Waals surface area contributed by atoms with Crippen LogP contribution in [0.2, 0.25) is 5.02 Å². The largest absolute Gasteiger partial charge is 0.488 e. The van der Waals surface area contributed by atoms with Crippen molar-refractivity contribution in [3.63, 3.8) is 0 Å². The number of carbonyl (C=O) groups is 1. The third kappa shape index (κ3) is 5.59. The number of rotatable bonds is 7. The number of aryl methyl sites for hydroxylation is 2. The number of hydrogen-bond acceptors (Lipinski definition) is 3. The lowest BCUT2D eigenvalue weighted by Gasteiger charge is -2.12. The highest BCUT2D eigenvalue weighted by Crippen LogP contribution is 2.24. The van der Waals surface area contributed by atoms with Gasteiger partial charge in [-0.25, -0.2) is 4.39 Å². The molecule has 0 atom stereocenters. The second-order valence-electron chi connectivity index (χ2n) is 7.81. The number of aromatic nitrogens is 2. The van der Waals surface area contributed by atoms with E-state index >= 15 is 0 Å². The first kappa shape index (κ1) is 22.6. The van der Waals surface area contributed by atoms with Crippen LogP contribution in [0.25, 0.3) is 0 Å². The highest BCUT2D eigenvalue weighted by Gasteiger charge is 2.13. The fraction of sp³-hybridized carbons (Fsp3) is 0.154. The van der Waals surface area contributed by atoms with Gasteiger partial charge in [-0.05, 0) is 60.4 Å². The first-order chi connectivity index (χ1) is 15.9. The maximum Gasteiger partial charge on any atom is 0.256 e. The van der Waals surface area contributed by atoms with Crippen LogP contribution in [-0.4, -0.2) is 15.7 Å². The number of amides is 1. The Kier molecular flexibility index (Phi) is 6.75. The second kappa shape index (κ2) is 9.88. The van der Waals surface area contributed by atoms with Crippen molar-refractivity contribution in [2.24, 2.45) is 0 Å². The van der Waals surface area contributed by atoms with Crippen molar-refractivity contribution in [1.82, 2.24) is 9.78 Å². The highest BCUT2D eigenvalue weighted by atomic mass is 35.5. The van der Waals surface area contributed by atoms with Crippen molar-refractivity contribution in [3.8, 4) is 5.75 Å². The topological polar surface area (TPSA) is 56.1 Å². The Morgan fingerprint density at radius 1 is 1.03 bits per heavy atom. The van der Waals surface area contributed by atoms with Crippen LogP contribution in [0.4, 0.5) is 10.2 Å². The van der Waals surface area contributed by atoms with Crippen LogP contribution in [0.5, 0.6) is 5.75 Å². The fourth-order valence-corrected chi connectivity index (χ4v) is 3.70. The van der Waals surface area contributed by atoms with E-state index in [0.29, 0.717) is 23.7 Å². The molecule has 4 rings (SSSR count). The standard InChI is InChI=1S/C26H23ClFN3O2/c1-17-5-3-6-18(2)24(17)33-16-19-9-11-21(12-10-19)26(32)29-25-23(27)15-31(30-25)14-20-7-4-8-22(28)13-20/h3-13,15H,14,16H2,1-2H3,(H,29,30,32). The van der Waals surface area contributed by atoms with Crippen LogP contribution >= 0.6 is 11.6 Å². The lowest BCUT2D eigenvalue weighted by Crippen LogP contribution is -2.13. The first-order valence-corrected chi connectivity index (χ1v) is 10.8. The van der Waals surface area contributed by atoms with Crippen LogP contribution in [0.1, 0.15) is 32.6 Å². The molecule has 0 spiro atoms. The molecule has 0 saturated heterocycles. The van der Waals surface area contributed by atoms with Gasteiger partial charge in [-0.1, -0.05) is 54.1 Å². The molecule has 1 aromatic heterocycles. The Balaban J connectivity index is 1.38. The van der Waals surface area contributed by atoms with Crippen LogP contribution in [0.3, 0.4) is 0 Å². The molecule has 1 N–H and O–H groups in total. The maximum atomic E-state index is 13.4. The van der Waals surface area contributed by atoms with E-state index in [4.69, 9.17) is 16.3 Å². The summed E-state index contributed by atoms with van der Waals surface area (Å²) in [6.45, 7) is 4.77. The Labute approximate surface area is 196 Å². The summed E-state index contributed by atoms with van der Waals surface area (Å²) in [6, 6.07) is 19.4. The van der Waals surface area contributed by atoms with E-state index in [1.165, 1.54) is 12.1 Å². The predicted octanol–water partition coefficient (Wildman–Crippen LogP) is 6.17. The third-order valence-electron chi connectivity index (χ3n) is 5.19. The third-order valence-corrected chi connectivity index (χ3v) is 5.47. The van der Waals surface area contributed by atoms with Gasteiger partial charge in [0, 0.05) is 11.8 Å². The molecule has 168 valence electrons.